The third-order valence-corrected chi connectivity index (χ3v) is 12.2. The number of hydrogen-bond acceptors (Lipinski definition) is 2. The van der Waals surface area contributed by atoms with Crippen LogP contribution < -0.4 is 0 Å². The quantitative estimate of drug-likeness (QED) is 0.169. The fourth-order valence-electron chi connectivity index (χ4n) is 9.20. The van der Waals surface area contributed by atoms with Crippen LogP contribution in [0.5, 0.6) is 0 Å². The Balaban J connectivity index is 1.08. The van der Waals surface area contributed by atoms with E-state index in [2.05, 4.69) is 220 Å². The summed E-state index contributed by atoms with van der Waals surface area (Å²) in [6, 6.07) is 74.5. The number of benzene rings is 9. The van der Waals surface area contributed by atoms with Crippen LogP contribution in [-0.2, 0) is 5.41 Å². The molecular weight excluding hydrogens is 713 g/mol. The number of nitrogens with zero attached hydrogens (tertiary/aromatic N) is 2. The Kier molecular flexibility index (Phi) is 8.20. The minimum atomic E-state index is -0.322. The van der Waals surface area contributed by atoms with Gasteiger partial charge in [0.2, 0.25) is 0 Å². The van der Waals surface area contributed by atoms with Crippen LogP contribution in [0.2, 0.25) is 0 Å². The van der Waals surface area contributed by atoms with Gasteiger partial charge in [-0.3, -0.25) is 0 Å². The predicted octanol–water partition coefficient (Wildman–Crippen LogP) is 15.1. The van der Waals surface area contributed by atoms with Gasteiger partial charge in [-0.05, 0) is 114 Å². The molecule has 278 valence electrons. The Hall–Kier alpha value is -7.42. The summed E-state index contributed by atoms with van der Waals surface area (Å²) in [6.45, 7) is 4.66. The van der Waals surface area contributed by atoms with E-state index in [0.717, 1.165) is 44.9 Å². The van der Waals surface area contributed by atoms with Crippen molar-refractivity contribution in [3.05, 3.63) is 217 Å². The SMILES string of the molecule is CC1(C)c2cc3ccccc3cc2-c2nc(-c3cccc4ccccc34)nc(-c3cccc(-c4cccc(-c5cc(-c6ccccc6)cc(-c6ccccc6)c5)c4)c3)c21. The molecule has 0 fully saturated rings. The third kappa shape index (κ3) is 6.04. The second-order valence-electron chi connectivity index (χ2n) is 16.2. The zero-order valence-electron chi connectivity index (χ0n) is 33.0. The van der Waals surface area contributed by atoms with Gasteiger partial charge in [0.05, 0.1) is 11.4 Å². The van der Waals surface area contributed by atoms with Crippen molar-refractivity contribution in [2.24, 2.45) is 0 Å². The molecule has 9 aromatic carbocycles. The second-order valence-corrected chi connectivity index (χ2v) is 16.2. The summed E-state index contributed by atoms with van der Waals surface area (Å²) in [5.41, 5.74) is 16.9. The molecule has 10 aromatic rings. The van der Waals surface area contributed by atoms with Gasteiger partial charge in [0, 0.05) is 27.7 Å². The molecule has 1 aliphatic carbocycles. The summed E-state index contributed by atoms with van der Waals surface area (Å²) in [6.07, 6.45) is 0. The Bertz CT molecular complexity index is 3170. The van der Waals surface area contributed by atoms with Gasteiger partial charge in [-0.2, -0.15) is 0 Å². The smallest absolute Gasteiger partial charge is 0.161 e. The maximum Gasteiger partial charge on any atom is 0.161 e. The Morgan fingerprint density at radius 1 is 0.322 bits per heavy atom. The molecular formula is C57H40N2. The van der Waals surface area contributed by atoms with E-state index in [4.69, 9.17) is 9.97 Å². The second kappa shape index (κ2) is 13.9. The highest BCUT2D eigenvalue weighted by Gasteiger charge is 2.40. The van der Waals surface area contributed by atoms with Crippen molar-refractivity contribution in [3.8, 4) is 78.4 Å². The van der Waals surface area contributed by atoms with Crippen molar-refractivity contribution in [1.29, 1.82) is 0 Å². The predicted molar refractivity (Wildman–Crippen MR) is 247 cm³/mol. The first-order valence-corrected chi connectivity index (χ1v) is 20.4. The van der Waals surface area contributed by atoms with E-state index in [0.29, 0.717) is 0 Å². The minimum Gasteiger partial charge on any atom is -0.228 e. The van der Waals surface area contributed by atoms with Crippen molar-refractivity contribution in [2.45, 2.75) is 19.3 Å². The number of fused-ring (bicyclic) bond motifs is 5. The lowest BCUT2D eigenvalue weighted by molar-refractivity contribution is 0.658. The van der Waals surface area contributed by atoms with E-state index >= 15 is 0 Å². The largest absolute Gasteiger partial charge is 0.228 e. The molecule has 1 aromatic heterocycles. The van der Waals surface area contributed by atoms with E-state index < -0.39 is 0 Å². The molecule has 0 radical (unpaired) electrons. The molecule has 59 heavy (non-hydrogen) atoms. The minimum absolute atomic E-state index is 0.322. The zero-order valence-corrected chi connectivity index (χ0v) is 33.0. The van der Waals surface area contributed by atoms with Crippen LogP contribution in [0.4, 0.5) is 0 Å². The maximum absolute atomic E-state index is 5.55. The molecule has 0 unspecified atom stereocenters. The van der Waals surface area contributed by atoms with Crippen LogP contribution in [0.25, 0.3) is 100.0 Å². The molecule has 0 amide bonds. The van der Waals surface area contributed by atoms with E-state index in [1.54, 1.807) is 0 Å². The normalized spacial score (nSPS) is 12.7. The monoisotopic (exact) mass is 752 g/mol. The molecule has 2 nitrogen and oxygen atoms in total. The van der Waals surface area contributed by atoms with Gasteiger partial charge >= 0.3 is 0 Å². The fourth-order valence-corrected chi connectivity index (χ4v) is 9.20. The van der Waals surface area contributed by atoms with Crippen molar-refractivity contribution in [3.63, 3.8) is 0 Å². The van der Waals surface area contributed by atoms with Crippen LogP contribution in [0.1, 0.15) is 25.0 Å². The van der Waals surface area contributed by atoms with Crippen LogP contribution in [0.15, 0.2) is 206 Å². The lowest BCUT2D eigenvalue weighted by atomic mass is 9.80. The molecule has 11 rings (SSSR count). The molecule has 0 saturated heterocycles. The molecule has 1 aliphatic rings. The summed E-state index contributed by atoms with van der Waals surface area (Å²) < 4.78 is 0. The van der Waals surface area contributed by atoms with Gasteiger partial charge in [-0.25, -0.2) is 9.97 Å². The molecule has 0 aliphatic heterocycles. The van der Waals surface area contributed by atoms with E-state index in [9.17, 15) is 0 Å². The number of rotatable bonds is 6. The third-order valence-electron chi connectivity index (χ3n) is 12.2. The summed E-state index contributed by atoms with van der Waals surface area (Å²) in [5, 5.41) is 4.78. The van der Waals surface area contributed by atoms with Crippen molar-refractivity contribution in [2.75, 3.05) is 0 Å². The lowest BCUT2D eigenvalue weighted by Crippen LogP contribution is -2.17. The highest BCUT2D eigenvalue weighted by molar-refractivity contribution is 5.98. The van der Waals surface area contributed by atoms with Crippen LogP contribution >= 0.6 is 0 Å². The maximum atomic E-state index is 5.55. The van der Waals surface area contributed by atoms with Crippen molar-refractivity contribution < 1.29 is 0 Å². The number of aromatic nitrogens is 2. The average Bonchev–Trinajstić information content (AvgIpc) is 3.52. The van der Waals surface area contributed by atoms with E-state index in [1.807, 2.05) is 0 Å². The van der Waals surface area contributed by atoms with Crippen LogP contribution in [0, 0.1) is 0 Å². The molecule has 0 atom stereocenters. The molecule has 0 bridgehead atoms. The topological polar surface area (TPSA) is 25.8 Å². The summed E-state index contributed by atoms with van der Waals surface area (Å²) in [5.74, 6) is 0.743. The van der Waals surface area contributed by atoms with Crippen LogP contribution in [0.3, 0.4) is 0 Å². The average molecular weight is 753 g/mol. The number of hydrogen-bond donors (Lipinski definition) is 0. The first kappa shape index (κ1) is 34.8. The van der Waals surface area contributed by atoms with Crippen LogP contribution in [-0.4, -0.2) is 9.97 Å². The fraction of sp³-hybridized carbons (Fsp3) is 0.0526. The molecule has 1 heterocycles. The van der Waals surface area contributed by atoms with Gasteiger partial charge in [0.1, 0.15) is 0 Å². The molecule has 0 saturated carbocycles. The van der Waals surface area contributed by atoms with E-state index in [-0.39, 0.29) is 5.41 Å². The summed E-state index contributed by atoms with van der Waals surface area (Å²) in [4.78, 5) is 11.0. The Morgan fingerprint density at radius 2 is 0.763 bits per heavy atom. The first-order valence-electron chi connectivity index (χ1n) is 20.4. The van der Waals surface area contributed by atoms with E-state index in [1.165, 1.54) is 66.2 Å². The van der Waals surface area contributed by atoms with Crippen molar-refractivity contribution >= 4 is 21.5 Å². The molecule has 2 heteroatoms. The highest BCUT2D eigenvalue weighted by atomic mass is 14.9. The van der Waals surface area contributed by atoms with Gasteiger partial charge in [-0.1, -0.05) is 178 Å². The highest BCUT2D eigenvalue weighted by Crippen LogP contribution is 2.53. The first-order chi connectivity index (χ1) is 29.0. The summed E-state index contributed by atoms with van der Waals surface area (Å²) >= 11 is 0. The van der Waals surface area contributed by atoms with Gasteiger partial charge < -0.3 is 0 Å². The molecule has 0 spiro atoms. The lowest BCUT2D eigenvalue weighted by Gasteiger charge is -2.24. The Morgan fingerprint density at radius 3 is 1.42 bits per heavy atom. The molecule has 0 N–H and O–H groups in total. The van der Waals surface area contributed by atoms with Gasteiger partial charge in [0.25, 0.3) is 0 Å². The summed E-state index contributed by atoms with van der Waals surface area (Å²) in [7, 11) is 0. The van der Waals surface area contributed by atoms with Gasteiger partial charge in [-0.15, -0.1) is 0 Å². The standard InChI is InChI=1S/C57H40N2/c1-57(2)52-36-44-22-10-9-21-43(44)35-51(52)55-53(57)54(58-56(59-55)50-29-15-23-39-20-11-12-28-49(39)50)45-27-14-25-41(31-45)40-24-13-26-42(30-40)48-33-46(37-16-5-3-6-17-37)32-47(34-48)38-18-7-4-8-19-38/h3-36H,1-2H3. The van der Waals surface area contributed by atoms with Gasteiger partial charge in [0.15, 0.2) is 5.82 Å². The van der Waals surface area contributed by atoms with Crippen molar-refractivity contribution in [1.82, 2.24) is 9.97 Å². The Labute approximate surface area is 345 Å². The zero-order chi connectivity index (χ0) is 39.5.